The van der Waals surface area contributed by atoms with Crippen LogP contribution in [0.25, 0.3) is 0 Å². The number of carbonyl (C=O) groups excluding carboxylic acids is 1. The monoisotopic (exact) mass is 367 g/mol. The third-order valence-corrected chi connectivity index (χ3v) is 3.71. The van der Waals surface area contributed by atoms with Crippen molar-refractivity contribution >= 4 is 23.2 Å². The number of nitriles is 1. The molecule has 1 aromatic heterocycles. The first-order valence-electron chi connectivity index (χ1n) is 7.46. The highest BCUT2D eigenvalue weighted by Crippen LogP contribution is 2.24. The fraction of sp³-hybridized carbons (Fsp3) is 0. The quantitative estimate of drug-likeness (QED) is 0.719. The maximum atomic E-state index is 13.1. The molecule has 1 N–H and O–H groups in total. The zero-order chi connectivity index (χ0) is 18.5. The van der Waals surface area contributed by atoms with Crippen LogP contribution in [0, 0.1) is 17.1 Å². The van der Waals surface area contributed by atoms with Crippen LogP contribution in [-0.4, -0.2) is 10.9 Å². The summed E-state index contributed by atoms with van der Waals surface area (Å²) in [5.74, 6) is -0.317. The van der Waals surface area contributed by atoms with E-state index in [1.54, 1.807) is 36.4 Å². The van der Waals surface area contributed by atoms with E-state index >= 15 is 0 Å². The predicted octanol–water partition coefficient (Wildman–Crippen LogP) is 4.79. The summed E-state index contributed by atoms with van der Waals surface area (Å²) < 4.78 is 18.6. The summed E-state index contributed by atoms with van der Waals surface area (Å²) in [6, 6.07) is 15.3. The zero-order valence-corrected chi connectivity index (χ0v) is 14.0. The molecule has 3 aromatic rings. The maximum Gasteiger partial charge on any atom is 0.257 e. The van der Waals surface area contributed by atoms with Crippen molar-refractivity contribution in [1.82, 2.24) is 4.98 Å². The summed E-state index contributed by atoms with van der Waals surface area (Å²) in [4.78, 5) is 16.2. The molecular formula is C19H11ClFN3O2. The molecule has 0 aliphatic carbocycles. The molecule has 26 heavy (non-hydrogen) atoms. The molecule has 0 aliphatic rings. The highest BCUT2D eigenvalue weighted by Gasteiger charge is 2.12. The lowest BCUT2D eigenvalue weighted by atomic mass is 10.2. The van der Waals surface area contributed by atoms with Gasteiger partial charge in [0.05, 0.1) is 10.6 Å². The number of nitrogens with one attached hydrogen (secondary N) is 1. The second-order valence-corrected chi connectivity index (χ2v) is 5.58. The first-order valence-corrected chi connectivity index (χ1v) is 7.84. The summed E-state index contributed by atoms with van der Waals surface area (Å²) in [5.41, 5.74) is 0.987. The van der Waals surface area contributed by atoms with E-state index < -0.39 is 11.7 Å². The Morgan fingerprint density at radius 1 is 1.19 bits per heavy atom. The number of benzene rings is 2. The van der Waals surface area contributed by atoms with E-state index in [0.29, 0.717) is 17.0 Å². The van der Waals surface area contributed by atoms with Gasteiger partial charge in [-0.1, -0.05) is 11.6 Å². The smallest absolute Gasteiger partial charge is 0.257 e. The van der Waals surface area contributed by atoms with Crippen LogP contribution in [-0.2, 0) is 0 Å². The number of aromatic nitrogens is 1. The van der Waals surface area contributed by atoms with Gasteiger partial charge < -0.3 is 10.1 Å². The van der Waals surface area contributed by atoms with Gasteiger partial charge in [-0.05, 0) is 54.6 Å². The SMILES string of the molecule is N#Cc1cccnc1Oc1ccc(NC(=O)c2ccc(F)cc2Cl)cc1. The van der Waals surface area contributed by atoms with Gasteiger partial charge in [-0.15, -0.1) is 0 Å². The number of ether oxygens (including phenoxy) is 1. The molecule has 7 heteroatoms. The number of rotatable bonds is 4. The van der Waals surface area contributed by atoms with Crippen molar-refractivity contribution in [1.29, 1.82) is 5.26 Å². The van der Waals surface area contributed by atoms with Gasteiger partial charge in [0.2, 0.25) is 5.88 Å². The van der Waals surface area contributed by atoms with E-state index in [2.05, 4.69) is 10.3 Å². The topological polar surface area (TPSA) is 75.0 Å². The van der Waals surface area contributed by atoms with Gasteiger partial charge in [0, 0.05) is 11.9 Å². The van der Waals surface area contributed by atoms with Crippen molar-refractivity contribution < 1.29 is 13.9 Å². The molecule has 128 valence electrons. The molecule has 3 rings (SSSR count). The van der Waals surface area contributed by atoms with E-state index in [1.807, 2.05) is 6.07 Å². The molecule has 0 radical (unpaired) electrons. The molecule has 0 bridgehead atoms. The van der Waals surface area contributed by atoms with Crippen LogP contribution < -0.4 is 10.1 Å². The average Bonchev–Trinajstić information content (AvgIpc) is 2.63. The molecule has 5 nitrogen and oxygen atoms in total. The van der Waals surface area contributed by atoms with Crippen molar-refractivity contribution in [2.75, 3.05) is 5.32 Å². The van der Waals surface area contributed by atoms with Gasteiger partial charge in [0.1, 0.15) is 23.2 Å². The van der Waals surface area contributed by atoms with Gasteiger partial charge in [-0.2, -0.15) is 5.26 Å². The number of anilines is 1. The molecule has 0 unspecified atom stereocenters. The number of nitrogens with zero attached hydrogens (tertiary/aromatic N) is 2. The van der Waals surface area contributed by atoms with E-state index in [-0.39, 0.29) is 16.5 Å². The summed E-state index contributed by atoms with van der Waals surface area (Å²) in [6.07, 6.45) is 1.53. The first kappa shape index (κ1) is 17.4. The highest BCUT2D eigenvalue weighted by molar-refractivity contribution is 6.34. The van der Waals surface area contributed by atoms with Crippen molar-refractivity contribution in [3.05, 3.63) is 82.8 Å². The molecule has 0 fully saturated rings. The molecule has 0 atom stereocenters. The second kappa shape index (κ2) is 7.64. The van der Waals surface area contributed by atoms with Crippen LogP contribution >= 0.6 is 11.6 Å². The Morgan fingerprint density at radius 3 is 2.65 bits per heavy atom. The number of halogens is 2. The van der Waals surface area contributed by atoms with Gasteiger partial charge in [-0.25, -0.2) is 9.37 Å². The van der Waals surface area contributed by atoms with Crippen molar-refractivity contribution in [2.24, 2.45) is 0 Å². The summed E-state index contributed by atoms with van der Waals surface area (Å²) in [6.45, 7) is 0. The van der Waals surface area contributed by atoms with Gasteiger partial charge in [0.15, 0.2) is 0 Å². The minimum atomic E-state index is -0.515. The molecule has 0 spiro atoms. The molecular weight excluding hydrogens is 357 g/mol. The van der Waals surface area contributed by atoms with E-state index in [9.17, 15) is 9.18 Å². The van der Waals surface area contributed by atoms with Gasteiger partial charge in [-0.3, -0.25) is 4.79 Å². The lowest BCUT2D eigenvalue weighted by molar-refractivity contribution is 0.102. The largest absolute Gasteiger partial charge is 0.438 e. The summed E-state index contributed by atoms with van der Waals surface area (Å²) in [7, 11) is 0. The van der Waals surface area contributed by atoms with Gasteiger partial charge in [0.25, 0.3) is 5.91 Å². The first-order chi connectivity index (χ1) is 12.6. The number of carbonyl (C=O) groups is 1. The fourth-order valence-electron chi connectivity index (χ4n) is 2.15. The Bertz CT molecular complexity index is 1000. The number of amides is 1. The van der Waals surface area contributed by atoms with Crippen LogP contribution in [0.5, 0.6) is 11.6 Å². The third-order valence-electron chi connectivity index (χ3n) is 3.39. The van der Waals surface area contributed by atoms with Crippen LogP contribution in [0.1, 0.15) is 15.9 Å². The Hall–Kier alpha value is -3.43. The second-order valence-electron chi connectivity index (χ2n) is 5.17. The van der Waals surface area contributed by atoms with Crippen molar-refractivity contribution in [3.63, 3.8) is 0 Å². The Balaban J connectivity index is 1.72. The van der Waals surface area contributed by atoms with Gasteiger partial charge >= 0.3 is 0 Å². The molecule has 1 amide bonds. The van der Waals surface area contributed by atoms with E-state index in [0.717, 1.165) is 12.1 Å². The summed E-state index contributed by atoms with van der Waals surface area (Å²) in [5, 5.41) is 11.7. The predicted molar refractivity (Wildman–Crippen MR) is 94.8 cm³/mol. The Morgan fingerprint density at radius 2 is 1.96 bits per heavy atom. The fourth-order valence-corrected chi connectivity index (χ4v) is 2.40. The molecule has 0 saturated carbocycles. The van der Waals surface area contributed by atoms with Crippen LogP contribution in [0.3, 0.4) is 0 Å². The minimum absolute atomic E-state index is 0.0293. The van der Waals surface area contributed by atoms with Crippen LogP contribution in [0.15, 0.2) is 60.8 Å². The number of pyridine rings is 1. The van der Waals surface area contributed by atoms with Crippen molar-refractivity contribution in [2.45, 2.75) is 0 Å². The normalized spacial score (nSPS) is 10.0. The highest BCUT2D eigenvalue weighted by atomic mass is 35.5. The minimum Gasteiger partial charge on any atom is -0.438 e. The Labute approximate surface area is 153 Å². The lowest BCUT2D eigenvalue weighted by Gasteiger charge is -2.09. The molecule has 0 saturated heterocycles. The third kappa shape index (κ3) is 3.97. The standard InChI is InChI=1S/C19H11ClFN3O2/c20-17-10-13(21)3-8-16(17)18(25)24-14-4-6-15(7-5-14)26-19-12(11-22)2-1-9-23-19/h1-10H,(H,24,25). The number of hydrogen-bond donors (Lipinski definition) is 1. The number of hydrogen-bond acceptors (Lipinski definition) is 4. The maximum absolute atomic E-state index is 13.1. The van der Waals surface area contributed by atoms with Crippen LogP contribution in [0.2, 0.25) is 5.02 Å². The average molecular weight is 368 g/mol. The molecule has 0 aliphatic heterocycles. The van der Waals surface area contributed by atoms with Crippen LogP contribution in [0.4, 0.5) is 10.1 Å². The van der Waals surface area contributed by atoms with Crippen molar-refractivity contribution in [3.8, 4) is 17.7 Å². The lowest BCUT2D eigenvalue weighted by Crippen LogP contribution is -2.12. The van der Waals surface area contributed by atoms with E-state index in [1.165, 1.54) is 12.3 Å². The summed E-state index contributed by atoms with van der Waals surface area (Å²) >= 11 is 5.88. The molecule has 1 heterocycles. The molecule has 2 aromatic carbocycles. The zero-order valence-electron chi connectivity index (χ0n) is 13.2. The Kier molecular flexibility index (Phi) is 5.11. The van der Waals surface area contributed by atoms with E-state index in [4.69, 9.17) is 21.6 Å².